The van der Waals surface area contributed by atoms with Gasteiger partial charge < -0.3 is 15.0 Å². The van der Waals surface area contributed by atoms with Crippen LogP contribution < -0.4 is 15.0 Å². The number of ether oxygens (including phenoxy) is 1. The summed E-state index contributed by atoms with van der Waals surface area (Å²) >= 11 is 0. The van der Waals surface area contributed by atoms with E-state index in [-0.39, 0.29) is 11.6 Å². The first-order chi connectivity index (χ1) is 17.3. The van der Waals surface area contributed by atoms with Crippen molar-refractivity contribution in [1.82, 2.24) is 25.3 Å². The number of benzene rings is 2. The van der Waals surface area contributed by atoms with Crippen LogP contribution in [0.2, 0.25) is 0 Å². The predicted molar refractivity (Wildman–Crippen MR) is 128 cm³/mol. The number of halogens is 3. The zero-order valence-electron chi connectivity index (χ0n) is 19.4. The summed E-state index contributed by atoms with van der Waals surface area (Å²) in [6.07, 6.45) is -1.95. The molecule has 0 atom stereocenters. The second kappa shape index (κ2) is 9.48. The number of carbonyl (C=O) groups is 1. The fourth-order valence-corrected chi connectivity index (χ4v) is 4.49. The number of anilines is 1. The molecule has 0 saturated carbocycles. The van der Waals surface area contributed by atoms with Gasteiger partial charge in [-0.2, -0.15) is 5.10 Å². The molecule has 1 aliphatic heterocycles. The lowest BCUT2D eigenvalue weighted by Gasteiger charge is -2.33. The number of para-hydroxylation sites is 1. The number of hydrogen-bond acceptors (Lipinski definition) is 6. The van der Waals surface area contributed by atoms with Crippen molar-refractivity contribution >= 4 is 22.5 Å². The third-order valence-corrected chi connectivity index (χ3v) is 6.22. The second-order valence-corrected chi connectivity index (χ2v) is 8.54. The molecule has 0 radical (unpaired) electrons. The van der Waals surface area contributed by atoms with Gasteiger partial charge in [0.25, 0.3) is 5.91 Å². The molecule has 1 saturated heterocycles. The van der Waals surface area contributed by atoms with Gasteiger partial charge in [-0.15, -0.1) is 23.4 Å². The van der Waals surface area contributed by atoms with Crippen LogP contribution in [0.25, 0.3) is 22.2 Å². The van der Waals surface area contributed by atoms with E-state index in [4.69, 9.17) is 0 Å². The number of carbonyl (C=O) groups excluding carboxylic acids is 1. The summed E-state index contributed by atoms with van der Waals surface area (Å²) in [5.74, 6) is -0.362. The lowest BCUT2D eigenvalue weighted by Crippen LogP contribution is -2.45. The Balaban J connectivity index is 1.30. The molecule has 0 spiro atoms. The molecule has 0 aliphatic carbocycles. The van der Waals surface area contributed by atoms with E-state index in [9.17, 15) is 18.0 Å². The van der Waals surface area contributed by atoms with Crippen molar-refractivity contribution in [3.8, 4) is 17.1 Å². The lowest BCUT2D eigenvalue weighted by atomic mass is 10.0. The summed E-state index contributed by atoms with van der Waals surface area (Å²) in [6.45, 7) is 1.21. The van der Waals surface area contributed by atoms with Crippen LogP contribution in [0.4, 0.5) is 19.0 Å². The summed E-state index contributed by atoms with van der Waals surface area (Å²) < 4.78 is 43.9. The van der Waals surface area contributed by atoms with Crippen molar-refractivity contribution < 1.29 is 22.7 Å². The van der Waals surface area contributed by atoms with Crippen molar-refractivity contribution in [2.24, 2.45) is 7.05 Å². The highest BCUT2D eigenvalue weighted by Crippen LogP contribution is 2.32. The topological polar surface area (TPSA) is 85.2 Å². The molecule has 1 N–H and O–H groups in total. The van der Waals surface area contributed by atoms with Gasteiger partial charge in [-0.25, -0.2) is 0 Å². The maximum atomic E-state index is 12.7. The van der Waals surface area contributed by atoms with Gasteiger partial charge in [0.2, 0.25) is 0 Å². The number of rotatable bonds is 5. The molecule has 2 aromatic heterocycles. The number of aromatic nitrogens is 4. The van der Waals surface area contributed by atoms with Crippen LogP contribution in [0, 0.1) is 0 Å². The number of piperidine rings is 1. The van der Waals surface area contributed by atoms with Crippen molar-refractivity contribution in [1.29, 1.82) is 0 Å². The van der Waals surface area contributed by atoms with Crippen LogP contribution in [0.15, 0.2) is 60.8 Å². The quantitative estimate of drug-likeness (QED) is 0.443. The Morgan fingerprint density at radius 2 is 1.69 bits per heavy atom. The summed E-state index contributed by atoms with van der Waals surface area (Å²) in [5.41, 5.74) is 1.46. The number of nitrogens with zero attached hydrogens (tertiary/aromatic N) is 5. The highest BCUT2D eigenvalue weighted by Gasteiger charge is 2.33. The van der Waals surface area contributed by atoms with Gasteiger partial charge in [0.15, 0.2) is 5.82 Å². The summed E-state index contributed by atoms with van der Waals surface area (Å²) in [7, 11) is 1.85. The fourth-order valence-electron chi connectivity index (χ4n) is 4.49. The minimum Gasteiger partial charge on any atom is -0.405 e. The van der Waals surface area contributed by atoms with E-state index in [1.807, 2.05) is 37.4 Å². The number of fused-ring (bicyclic) bond motifs is 1. The van der Waals surface area contributed by atoms with Gasteiger partial charge in [-0.05, 0) is 31.0 Å². The first kappa shape index (κ1) is 23.6. The molecule has 1 aliphatic rings. The molecule has 4 aromatic rings. The Kier molecular flexibility index (Phi) is 6.21. The largest absolute Gasteiger partial charge is 0.573 e. The van der Waals surface area contributed by atoms with E-state index in [1.165, 1.54) is 18.2 Å². The molecule has 36 heavy (non-hydrogen) atoms. The van der Waals surface area contributed by atoms with Crippen LogP contribution in [0.3, 0.4) is 0 Å². The monoisotopic (exact) mass is 496 g/mol. The number of amides is 1. The number of aryl methyl sites for hydroxylation is 1. The van der Waals surface area contributed by atoms with Gasteiger partial charge in [0.05, 0.1) is 11.3 Å². The molecule has 1 amide bonds. The fraction of sp³-hybridized carbons (Fsp3) is 0.280. The Labute approximate surface area is 204 Å². The van der Waals surface area contributed by atoms with E-state index in [0.29, 0.717) is 25.9 Å². The Morgan fingerprint density at radius 1 is 1.00 bits per heavy atom. The zero-order chi connectivity index (χ0) is 25.3. The van der Waals surface area contributed by atoms with Crippen LogP contribution >= 0.6 is 0 Å². The molecule has 8 nitrogen and oxygen atoms in total. The van der Waals surface area contributed by atoms with E-state index in [0.717, 1.165) is 34.0 Å². The van der Waals surface area contributed by atoms with Crippen LogP contribution in [-0.2, 0) is 7.05 Å². The Hall–Kier alpha value is -4.15. The van der Waals surface area contributed by atoms with E-state index in [1.54, 1.807) is 10.9 Å². The van der Waals surface area contributed by atoms with Crippen molar-refractivity contribution in [3.05, 3.63) is 66.4 Å². The van der Waals surface area contributed by atoms with Crippen LogP contribution in [0.5, 0.6) is 5.75 Å². The molecule has 5 rings (SSSR count). The smallest absolute Gasteiger partial charge is 0.405 e. The third-order valence-electron chi connectivity index (χ3n) is 6.22. The molecular weight excluding hydrogens is 473 g/mol. The highest BCUT2D eigenvalue weighted by molar-refractivity contribution is 6.00. The number of nitrogens with one attached hydrogen (secondary N) is 1. The van der Waals surface area contributed by atoms with Gasteiger partial charge in [-0.1, -0.05) is 36.4 Å². The molecule has 11 heteroatoms. The van der Waals surface area contributed by atoms with Gasteiger partial charge in [0.1, 0.15) is 11.4 Å². The van der Waals surface area contributed by atoms with Crippen molar-refractivity contribution in [2.45, 2.75) is 25.2 Å². The summed E-state index contributed by atoms with van der Waals surface area (Å²) in [5, 5.41) is 18.0. The first-order valence-corrected chi connectivity index (χ1v) is 11.4. The SMILES string of the molecule is Cn1nccc1-c1nnc(N2CCC(NC(=O)c3ccccc3OC(F)(F)F)CC2)c2ccccc12. The van der Waals surface area contributed by atoms with Gasteiger partial charge in [0, 0.05) is 43.1 Å². The Bertz CT molecular complexity index is 1400. The average molecular weight is 496 g/mol. The van der Waals surface area contributed by atoms with E-state index < -0.39 is 18.0 Å². The molecule has 0 bridgehead atoms. The maximum Gasteiger partial charge on any atom is 0.573 e. The average Bonchev–Trinajstić information content (AvgIpc) is 3.29. The Morgan fingerprint density at radius 3 is 2.39 bits per heavy atom. The predicted octanol–water partition coefficient (Wildman–Crippen LogP) is 4.33. The van der Waals surface area contributed by atoms with Crippen LogP contribution in [0.1, 0.15) is 23.2 Å². The molecule has 186 valence electrons. The minimum absolute atomic E-state index is 0.153. The maximum absolute atomic E-state index is 12.7. The highest BCUT2D eigenvalue weighted by atomic mass is 19.4. The zero-order valence-corrected chi connectivity index (χ0v) is 19.4. The minimum atomic E-state index is -4.88. The lowest BCUT2D eigenvalue weighted by molar-refractivity contribution is -0.274. The molecule has 1 fully saturated rings. The third kappa shape index (κ3) is 4.81. The van der Waals surface area contributed by atoms with Gasteiger partial charge >= 0.3 is 6.36 Å². The van der Waals surface area contributed by atoms with Crippen LogP contribution in [-0.4, -0.2) is 51.4 Å². The van der Waals surface area contributed by atoms with E-state index >= 15 is 0 Å². The molecule has 0 unspecified atom stereocenters. The summed E-state index contributed by atoms with van der Waals surface area (Å²) in [4.78, 5) is 14.8. The number of hydrogen-bond donors (Lipinski definition) is 1. The molecule has 3 heterocycles. The summed E-state index contributed by atoms with van der Waals surface area (Å²) in [6, 6.07) is 14.9. The number of alkyl halides is 3. The molecule has 2 aromatic carbocycles. The normalized spacial score (nSPS) is 14.7. The van der Waals surface area contributed by atoms with E-state index in [2.05, 4.69) is 30.2 Å². The van der Waals surface area contributed by atoms with Crippen molar-refractivity contribution in [3.63, 3.8) is 0 Å². The molecular formula is C25H23F3N6O2. The second-order valence-electron chi connectivity index (χ2n) is 8.54. The standard InChI is InChI=1S/C25H23F3N6O2/c1-33-20(10-13-29-33)22-17-6-2-3-7-18(17)23(32-31-22)34-14-11-16(12-15-34)30-24(35)19-8-4-5-9-21(19)36-25(26,27)28/h2-10,13,16H,11-12,14-15H2,1H3,(H,30,35). The van der Waals surface area contributed by atoms with Crippen molar-refractivity contribution in [2.75, 3.05) is 18.0 Å². The van der Waals surface area contributed by atoms with Gasteiger partial charge in [-0.3, -0.25) is 9.48 Å². The first-order valence-electron chi connectivity index (χ1n) is 11.4.